The standard InChI is InChI=1S/C50H37N/c1-3-18-40-43-31-29-37(34-48(43)50(45(40)4-2)46-27-16-14-25-41(46)42-26-15-17-28-47(42)50)36-30-32-49(44(33-36)35-19-8-5-9-20-35)51(38-21-10-6-11-22-38)39-23-12-7-13-24-39/h3-34H,2H2,1H3/b18-3-. The summed E-state index contributed by atoms with van der Waals surface area (Å²) in [6.07, 6.45) is 6.51. The Labute approximate surface area is 300 Å². The van der Waals surface area contributed by atoms with Crippen molar-refractivity contribution in [1.82, 2.24) is 0 Å². The van der Waals surface area contributed by atoms with Gasteiger partial charge >= 0.3 is 0 Å². The van der Waals surface area contributed by atoms with Gasteiger partial charge in [0.1, 0.15) is 0 Å². The van der Waals surface area contributed by atoms with Crippen molar-refractivity contribution < 1.29 is 0 Å². The zero-order valence-corrected chi connectivity index (χ0v) is 28.6. The minimum atomic E-state index is -0.450. The number of hydrogen-bond acceptors (Lipinski definition) is 1. The average molecular weight is 652 g/mol. The van der Waals surface area contributed by atoms with Crippen molar-refractivity contribution in [2.24, 2.45) is 0 Å². The lowest BCUT2D eigenvalue weighted by molar-refractivity contribution is 0.787. The van der Waals surface area contributed by atoms with Crippen molar-refractivity contribution in [3.63, 3.8) is 0 Å². The Kier molecular flexibility index (Phi) is 7.48. The van der Waals surface area contributed by atoms with Gasteiger partial charge in [-0.05, 0) is 111 Å². The third-order valence-electron chi connectivity index (χ3n) is 10.6. The Morgan fingerprint density at radius 2 is 1.00 bits per heavy atom. The predicted octanol–water partition coefficient (Wildman–Crippen LogP) is 13.3. The normalized spacial score (nSPS) is 13.7. The van der Waals surface area contributed by atoms with Gasteiger partial charge in [0.25, 0.3) is 0 Å². The van der Waals surface area contributed by atoms with Gasteiger partial charge in [-0.15, -0.1) is 0 Å². The molecule has 1 nitrogen and oxygen atoms in total. The molecule has 0 aliphatic heterocycles. The number of fused-ring (bicyclic) bond motifs is 7. The smallest absolute Gasteiger partial charge is 0.0725 e. The van der Waals surface area contributed by atoms with E-state index in [-0.39, 0.29) is 0 Å². The van der Waals surface area contributed by atoms with Crippen LogP contribution in [0.3, 0.4) is 0 Å². The van der Waals surface area contributed by atoms with E-state index in [9.17, 15) is 0 Å². The highest BCUT2D eigenvalue weighted by Gasteiger charge is 2.51. The molecule has 0 saturated heterocycles. The molecule has 0 atom stereocenters. The third-order valence-corrected chi connectivity index (χ3v) is 10.6. The first-order valence-corrected chi connectivity index (χ1v) is 17.7. The molecule has 0 saturated carbocycles. The van der Waals surface area contributed by atoms with E-state index >= 15 is 0 Å². The molecule has 7 aromatic carbocycles. The number of nitrogens with zero attached hydrogens (tertiary/aromatic N) is 1. The first-order chi connectivity index (χ1) is 25.2. The molecule has 0 amide bonds. The van der Waals surface area contributed by atoms with Crippen LogP contribution in [0, 0.1) is 0 Å². The van der Waals surface area contributed by atoms with Crippen molar-refractivity contribution in [2.45, 2.75) is 12.3 Å². The second kappa shape index (κ2) is 12.5. The molecule has 0 N–H and O–H groups in total. The maximum atomic E-state index is 4.43. The highest BCUT2D eigenvalue weighted by Crippen LogP contribution is 2.62. The lowest BCUT2D eigenvalue weighted by Crippen LogP contribution is -2.26. The zero-order valence-electron chi connectivity index (χ0n) is 28.6. The minimum Gasteiger partial charge on any atom is -0.310 e. The molecule has 1 heteroatoms. The first-order valence-electron chi connectivity index (χ1n) is 17.7. The maximum Gasteiger partial charge on any atom is 0.0725 e. The highest BCUT2D eigenvalue weighted by atomic mass is 15.1. The van der Waals surface area contributed by atoms with E-state index in [1.54, 1.807) is 0 Å². The lowest BCUT2D eigenvalue weighted by Gasteiger charge is -2.32. The number of hydrogen-bond donors (Lipinski definition) is 0. The summed E-state index contributed by atoms with van der Waals surface area (Å²) in [5, 5.41) is 0. The van der Waals surface area contributed by atoms with E-state index in [4.69, 9.17) is 0 Å². The topological polar surface area (TPSA) is 3.24 Å². The van der Waals surface area contributed by atoms with Crippen LogP contribution in [0.4, 0.5) is 17.1 Å². The van der Waals surface area contributed by atoms with Gasteiger partial charge in [0.2, 0.25) is 0 Å². The predicted molar refractivity (Wildman–Crippen MR) is 216 cm³/mol. The number of para-hydroxylation sites is 2. The van der Waals surface area contributed by atoms with Crippen LogP contribution in [-0.2, 0) is 5.41 Å². The molecular weight excluding hydrogens is 615 g/mol. The van der Waals surface area contributed by atoms with E-state index in [2.05, 4.69) is 213 Å². The molecule has 51 heavy (non-hydrogen) atoms. The van der Waals surface area contributed by atoms with Gasteiger partial charge in [0, 0.05) is 16.9 Å². The average Bonchev–Trinajstić information content (AvgIpc) is 3.65. The van der Waals surface area contributed by atoms with Crippen LogP contribution in [-0.4, -0.2) is 0 Å². The summed E-state index contributed by atoms with van der Waals surface area (Å²) in [4.78, 5) is 2.36. The van der Waals surface area contributed by atoms with E-state index in [0.29, 0.717) is 0 Å². The summed E-state index contributed by atoms with van der Waals surface area (Å²) in [6.45, 7) is 6.53. The molecule has 0 unspecified atom stereocenters. The second-order valence-electron chi connectivity index (χ2n) is 13.2. The fourth-order valence-corrected chi connectivity index (χ4v) is 8.53. The Morgan fingerprint density at radius 3 is 1.59 bits per heavy atom. The summed E-state index contributed by atoms with van der Waals surface area (Å²) in [6, 6.07) is 63.9. The van der Waals surface area contributed by atoms with Gasteiger partial charge in [-0.3, -0.25) is 0 Å². The van der Waals surface area contributed by atoms with Gasteiger partial charge in [-0.2, -0.15) is 0 Å². The van der Waals surface area contributed by atoms with Crippen molar-refractivity contribution in [3.8, 4) is 33.4 Å². The number of allylic oxidation sites excluding steroid dienone is 5. The molecule has 7 aromatic rings. The van der Waals surface area contributed by atoms with Crippen molar-refractivity contribution >= 4 is 22.6 Å². The van der Waals surface area contributed by atoms with Crippen LogP contribution in [0.15, 0.2) is 206 Å². The zero-order chi connectivity index (χ0) is 34.4. The van der Waals surface area contributed by atoms with Gasteiger partial charge in [-0.1, -0.05) is 158 Å². The summed E-state index contributed by atoms with van der Waals surface area (Å²) < 4.78 is 0. The van der Waals surface area contributed by atoms with Crippen LogP contribution < -0.4 is 4.90 Å². The van der Waals surface area contributed by atoms with Crippen LogP contribution in [0.2, 0.25) is 0 Å². The van der Waals surface area contributed by atoms with Crippen LogP contribution >= 0.6 is 0 Å². The Morgan fingerprint density at radius 1 is 0.471 bits per heavy atom. The third kappa shape index (κ3) is 4.70. The molecule has 242 valence electrons. The summed E-state index contributed by atoms with van der Waals surface area (Å²) in [7, 11) is 0. The molecule has 2 aliphatic rings. The van der Waals surface area contributed by atoms with Gasteiger partial charge in [0.05, 0.1) is 11.1 Å². The van der Waals surface area contributed by atoms with E-state index in [1.807, 2.05) is 0 Å². The molecule has 1 spiro atoms. The second-order valence-corrected chi connectivity index (χ2v) is 13.2. The van der Waals surface area contributed by atoms with Gasteiger partial charge < -0.3 is 4.90 Å². The van der Waals surface area contributed by atoms with E-state index in [1.165, 1.54) is 66.8 Å². The fourth-order valence-electron chi connectivity index (χ4n) is 8.53. The van der Waals surface area contributed by atoms with Gasteiger partial charge in [0.15, 0.2) is 0 Å². The quantitative estimate of drug-likeness (QED) is 0.166. The van der Waals surface area contributed by atoms with Crippen molar-refractivity contribution in [2.75, 3.05) is 4.90 Å². The first kappa shape index (κ1) is 30.6. The van der Waals surface area contributed by atoms with Crippen LogP contribution in [0.1, 0.15) is 29.2 Å². The van der Waals surface area contributed by atoms with Crippen molar-refractivity contribution in [1.29, 1.82) is 0 Å². The molecule has 0 heterocycles. The molecule has 0 fully saturated rings. The van der Waals surface area contributed by atoms with Crippen molar-refractivity contribution in [3.05, 3.63) is 229 Å². The van der Waals surface area contributed by atoms with E-state index < -0.39 is 5.41 Å². The SMILES string of the molecule is C=CC1=C(/C=C\C)c2ccc(-c3ccc(N(c4ccccc4)c4ccccc4)c(-c4ccccc4)c3)cc2C12c1ccccc1-c1ccccc12. The Bertz CT molecular complexity index is 2400. The largest absolute Gasteiger partial charge is 0.310 e. The Hall–Kier alpha value is -6.44. The van der Waals surface area contributed by atoms with Crippen LogP contribution in [0.5, 0.6) is 0 Å². The highest BCUT2D eigenvalue weighted by molar-refractivity contribution is 5.99. The summed E-state index contributed by atoms with van der Waals surface area (Å²) in [5.41, 5.74) is 17.9. The maximum absolute atomic E-state index is 4.43. The summed E-state index contributed by atoms with van der Waals surface area (Å²) >= 11 is 0. The number of anilines is 3. The van der Waals surface area contributed by atoms with E-state index in [0.717, 1.165) is 17.1 Å². The van der Waals surface area contributed by atoms with Crippen LogP contribution in [0.25, 0.3) is 39.0 Å². The molecule has 0 aromatic heterocycles. The Balaban J connectivity index is 1.28. The monoisotopic (exact) mass is 651 g/mol. The summed E-state index contributed by atoms with van der Waals surface area (Å²) in [5.74, 6) is 0. The fraction of sp³-hybridized carbons (Fsp3) is 0.0400. The minimum absolute atomic E-state index is 0.450. The van der Waals surface area contributed by atoms with Gasteiger partial charge in [-0.25, -0.2) is 0 Å². The molecule has 0 radical (unpaired) electrons. The number of rotatable bonds is 7. The lowest BCUT2D eigenvalue weighted by atomic mass is 9.69. The molecular formula is C50H37N. The molecule has 0 bridgehead atoms. The molecule has 2 aliphatic carbocycles. The number of benzene rings is 7. The molecule has 9 rings (SSSR count).